The molecule has 0 unspecified atom stereocenters. The molecular weight excluding hydrogens is 371 g/mol. The lowest BCUT2D eigenvalue weighted by Crippen LogP contribution is -2.44. The van der Waals surface area contributed by atoms with Crippen LogP contribution in [-0.2, 0) is 17.8 Å². The van der Waals surface area contributed by atoms with E-state index in [1.165, 1.54) is 18.5 Å². The monoisotopic (exact) mass is 394 g/mol. The Morgan fingerprint density at radius 2 is 1.72 bits per heavy atom. The van der Waals surface area contributed by atoms with Gasteiger partial charge in [-0.2, -0.15) is 0 Å². The predicted octanol–water partition coefficient (Wildman–Crippen LogP) is 2.12. The first-order valence-corrected chi connectivity index (χ1v) is 9.74. The van der Waals surface area contributed by atoms with Gasteiger partial charge in [0.2, 0.25) is 5.91 Å². The molecule has 1 aromatic heterocycles. The molecule has 8 heteroatoms. The summed E-state index contributed by atoms with van der Waals surface area (Å²) in [5, 5.41) is 14.2. The summed E-state index contributed by atoms with van der Waals surface area (Å²) in [6.45, 7) is 2.65. The number of likely N-dealkylation sites (tertiary alicyclic amines) is 1. The molecule has 29 heavy (non-hydrogen) atoms. The van der Waals surface area contributed by atoms with E-state index in [1.54, 1.807) is 4.68 Å². The van der Waals surface area contributed by atoms with Gasteiger partial charge in [-0.15, -0.1) is 5.10 Å². The summed E-state index contributed by atoms with van der Waals surface area (Å²) in [4.78, 5) is 14.7. The number of aromatic nitrogens is 4. The molecule has 2 aromatic carbocycles. The zero-order chi connectivity index (χ0) is 20.1. The smallest absolute Gasteiger partial charge is 0.224 e. The number of amides is 1. The molecule has 0 aliphatic carbocycles. The van der Waals surface area contributed by atoms with Gasteiger partial charge in [-0.3, -0.25) is 9.69 Å². The van der Waals surface area contributed by atoms with Crippen LogP contribution in [-0.4, -0.2) is 50.1 Å². The van der Waals surface area contributed by atoms with Crippen LogP contribution in [0.25, 0.3) is 5.69 Å². The fourth-order valence-electron chi connectivity index (χ4n) is 3.59. The van der Waals surface area contributed by atoms with E-state index in [0.29, 0.717) is 6.42 Å². The SMILES string of the molecule is O=C(Cc1ccc(-n2cnnn2)cc1)NC1CCN(Cc2ccc(F)cc2)CC1. The fraction of sp³-hybridized carbons (Fsp3) is 0.333. The van der Waals surface area contributed by atoms with E-state index in [4.69, 9.17) is 0 Å². The number of nitrogens with one attached hydrogen (secondary N) is 1. The normalized spacial score (nSPS) is 15.3. The second-order valence-corrected chi connectivity index (χ2v) is 7.34. The molecule has 0 bridgehead atoms. The molecule has 0 radical (unpaired) electrons. The summed E-state index contributed by atoms with van der Waals surface area (Å²) in [5.74, 6) is -0.169. The first-order valence-electron chi connectivity index (χ1n) is 9.74. The predicted molar refractivity (Wildman–Crippen MR) is 106 cm³/mol. The second kappa shape index (κ2) is 8.91. The molecule has 0 spiro atoms. The minimum atomic E-state index is -0.208. The Morgan fingerprint density at radius 3 is 2.38 bits per heavy atom. The van der Waals surface area contributed by atoms with Gasteiger partial charge in [0, 0.05) is 25.7 Å². The topological polar surface area (TPSA) is 75.9 Å². The molecule has 2 heterocycles. The van der Waals surface area contributed by atoms with Crippen LogP contribution in [0.4, 0.5) is 4.39 Å². The first kappa shape index (κ1) is 19.2. The fourth-order valence-corrected chi connectivity index (χ4v) is 3.59. The molecule has 150 valence electrons. The Morgan fingerprint density at radius 1 is 1.03 bits per heavy atom. The van der Waals surface area contributed by atoms with E-state index in [1.807, 2.05) is 36.4 Å². The third-order valence-electron chi connectivity index (χ3n) is 5.19. The van der Waals surface area contributed by atoms with Gasteiger partial charge in [-0.1, -0.05) is 24.3 Å². The van der Waals surface area contributed by atoms with E-state index >= 15 is 0 Å². The Kier molecular flexibility index (Phi) is 5.90. The van der Waals surface area contributed by atoms with Crippen LogP contribution in [0.5, 0.6) is 0 Å². The lowest BCUT2D eigenvalue weighted by atomic mass is 10.0. The van der Waals surface area contributed by atoms with Crippen molar-refractivity contribution < 1.29 is 9.18 Å². The largest absolute Gasteiger partial charge is 0.353 e. The summed E-state index contributed by atoms with van der Waals surface area (Å²) in [6.07, 6.45) is 3.73. The summed E-state index contributed by atoms with van der Waals surface area (Å²) >= 11 is 0. The number of carbonyl (C=O) groups excluding carboxylic acids is 1. The van der Waals surface area contributed by atoms with Crippen molar-refractivity contribution in [2.24, 2.45) is 0 Å². The van der Waals surface area contributed by atoms with E-state index in [0.717, 1.165) is 49.3 Å². The number of tetrazole rings is 1. The molecule has 3 aromatic rings. The number of hydrogen-bond donors (Lipinski definition) is 1. The number of carbonyl (C=O) groups is 1. The van der Waals surface area contributed by atoms with Crippen molar-refractivity contribution in [1.29, 1.82) is 0 Å². The number of hydrogen-bond acceptors (Lipinski definition) is 5. The van der Waals surface area contributed by atoms with Crippen LogP contribution in [0, 0.1) is 5.82 Å². The van der Waals surface area contributed by atoms with Crippen molar-refractivity contribution in [2.75, 3.05) is 13.1 Å². The molecule has 4 rings (SSSR count). The molecule has 1 N–H and O–H groups in total. The minimum absolute atomic E-state index is 0.0390. The highest BCUT2D eigenvalue weighted by Gasteiger charge is 2.20. The third-order valence-corrected chi connectivity index (χ3v) is 5.19. The summed E-state index contributed by atoms with van der Waals surface area (Å²) in [7, 11) is 0. The zero-order valence-corrected chi connectivity index (χ0v) is 16.0. The van der Waals surface area contributed by atoms with Crippen LogP contribution < -0.4 is 5.32 Å². The van der Waals surface area contributed by atoms with Crippen LogP contribution in [0.15, 0.2) is 54.9 Å². The van der Waals surface area contributed by atoms with Crippen LogP contribution in [0.3, 0.4) is 0 Å². The number of rotatable bonds is 6. The molecule has 1 amide bonds. The first-order chi connectivity index (χ1) is 14.2. The molecule has 0 saturated carbocycles. The van der Waals surface area contributed by atoms with Gasteiger partial charge in [0.25, 0.3) is 0 Å². The van der Waals surface area contributed by atoms with Gasteiger partial charge >= 0.3 is 0 Å². The quantitative estimate of drug-likeness (QED) is 0.693. The van der Waals surface area contributed by atoms with Gasteiger partial charge in [0.05, 0.1) is 12.1 Å². The Hall–Kier alpha value is -3.13. The van der Waals surface area contributed by atoms with Crippen molar-refractivity contribution in [3.63, 3.8) is 0 Å². The lowest BCUT2D eigenvalue weighted by Gasteiger charge is -2.32. The number of benzene rings is 2. The lowest BCUT2D eigenvalue weighted by molar-refractivity contribution is -0.121. The van der Waals surface area contributed by atoms with Crippen molar-refractivity contribution in [2.45, 2.75) is 31.8 Å². The Labute approximate surface area is 168 Å². The number of halogens is 1. The van der Waals surface area contributed by atoms with E-state index < -0.39 is 0 Å². The number of piperidine rings is 1. The van der Waals surface area contributed by atoms with Gasteiger partial charge < -0.3 is 5.32 Å². The van der Waals surface area contributed by atoms with Crippen molar-refractivity contribution in [1.82, 2.24) is 30.4 Å². The second-order valence-electron chi connectivity index (χ2n) is 7.34. The van der Waals surface area contributed by atoms with E-state index in [-0.39, 0.29) is 17.8 Å². The number of nitrogens with zero attached hydrogens (tertiary/aromatic N) is 5. The highest BCUT2D eigenvalue weighted by molar-refractivity contribution is 5.78. The van der Waals surface area contributed by atoms with Crippen molar-refractivity contribution in [3.05, 3.63) is 71.8 Å². The Bertz CT molecular complexity index is 919. The van der Waals surface area contributed by atoms with Gasteiger partial charge in [-0.05, 0) is 58.7 Å². The minimum Gasteiger partial charge on any atom is -0.353 e. The van der Waals surface area contributed by atoms with Crippen molar-refractivity contribution in [3.8, 4) is 5.69 Å². The molecule has 7 nitrogen and oxygen atoms in total. The van der Waals surface area contributed by atoms with Gasteiger partial charge in [-0.25, -0.2) is 9.07 Å². The van der Waals surface area contributed by atoms with Crippen molar-refractivity contribution >= 4 is 5.91 Å². The summed E-state index contributed by atoms with van der Waals surface area (Å²) < 4.78 is 14.6. The molecule has 0 atom stereocenters. The average Bonchev–Trinajstić information content (AvgIpc) is 3.27. The third kappa shape index (κ3) is 5.23. The Balaban J connectivity index is 1.22. The maximum atomic E-state index is 13.0. The maximum absolute atomic E-state index is 13.0. The molecular formula is C21H23FN6O. The standard InChI is InChI=1S/C21H23FN6O/c22-18-5-1-17(2-6-18)14-27-11-9-19(10-12-27)24-21(29)13-16-3-7-20(8-4-16)28-15-23-25-26-28/h1-8,15,19H,9-14H2,(H,24,29). The molecule has 1 aliphatic heterocycles. The summed E-state index contributed by atoms with van der Waals surface area (Å²) in [6, 6.07) is 14.5. The van der Waals surface area contributed by atoms with E-state index in [9.17, 15) is 9.18 Å². The van der Waals surface area contributed by atoms with E-state index in [2.05, 4.69) is 25.7 Å². The van der Waals surface area contributed by atoms with Crippen LogP contribution in [0.2, 0.25) is 0 Å². The maximum Gasteiger partial charge on any atom is 0.224 e. The van der Waals surface area contributed by atoms with Gasteiger partial charge in [0.1, 0.15) is 12.1 Å². The molecule has 1 fully saturated rings. The van der Waals surface area contributed by atoms with Gasteiger partial charge in [0.15, 0.2) is 0 Å². The molecule has 1 aliphatic rings. The van der Waals surface area contributed by atoms with Crippen LogP contribution >= 0.6 is 0 Å². The highest BCUT2D eigenvalue weighted by Crippen LogP contribution is 2.15. The molecule has 1 saturated heterocycles. The summed E-state index contributed by atoms with van der Waals surface area (Å²) in [5.41, 5.74) is 2.92. The zero-order valence-electron chi connectivity index (χ0n) is 16.0. The highest BCUT2D eigenvalue weighted by atomic mass is 19.1. The average molecular weight is 394 g/mol. The van der Waals surface area contributed by atoms with Crippen LogP contribution in [0.1, 0.15) is 24.0 Å².